The van der Waals surface area contributed by atoms with Crippen LogP contribution in [0.1, 0.15) is 10.4 Å². The van der Waals surface area contributed by atoms with Crippen molar-refractivity contribution < 1.29 is 4.79 Å². The molecular formula is C12H10ClN3O. The van der Waals surface area contributed by atoms with Crippen LogP contribution >= 0.6 is 11.6 Å². The third-order valence-electron chi connectivity index (χ3n) is 2.30. The average Bonchev–Trinajstić information content (AvgIpc) is 2.33. The molecule has 0 saturated carbocycles. The predicted octanol–water partition coefficient (Wildman–Crippen LogP) is 1.90. The van der Waals surface area contributed by atoms with Gasteiger partial charge in [-0.1, -0.05) is 11.6 Å². The van der Waals surface area contributed by atoms with Crippen LogP contribution in [0.2, 0.25) is 5.02 Å². The van der Waals surface area contributed by atoms with Gasteiger partial charge in [-0.05, 0) is 30.3 Å². The molecule has 0 unspecified atom stereocenters. The molecule has 0 amide bonds. The Morgan fingerprint density at radius 1 is 1.35 bits per heavy atom. The maximum Gasteiger partial charge on any atom is 0.222 e. The van der Waals surface area contributed by atoms with Gasteiger partial charge in [0, 0.05) is 23.0 Å². The third-order valence-corrected chi connectivity index (χ3v) is 2.55. The summed E-state index contributed by atoms with van der Waals surface area (Å²) in [7, 11) is 0. The van der Waals surface area contributed by atoms with Gasteiger partial charge in [-0.3, -0.25) is 10.2 Å². The highest BCUT2D eigenvalue weighted by Crippen LogP contribution is 2.10. The van der Waals surface area contributed by atoms with E-state index in [1.807, 2.05) is 0 Å². The van der Waals surface area contributed by atoms with Gasteiger partial charge in [0.15, 0.2) is 5.78 Å². The first kappa shape index (κ1) is 11.5. The lowest BCUT2D eigenvalue weighted by atomic mass is 10.1. The first-order valence-corrected chi connectivity index (χ1v) is 5.39. The van der Waals surface area contributed by atoms with E-state index in [1.165, 1.54) is 10.8 Å². The van der Waals surface area contributed by atoms with Gasteiger partial charge >= 0.3 is 0 Å². The van der Waals surface area contributed by atoms with Crippen LogP contribution in [-0.4, -0.2) is 15.3 Å². The number of Topliss-reactive ketones (excluding diaryl/α,β-unsaturated/α-hetero) is 1. The highest BCUT2D eigenvalue weighted by molar-refractivity contribution is 6.30. The minimum Gasteiger partial charge on any atom is -0.310 e. The summed E-state index contributed by atoms with van der Waals surface area (Å²) >= 11 is 5.75. The quantitative estimate of drug-likeness (QED) is 0.843. The van der Waals surface area contributed by atoms with Crippen LogP contribution in [0.3, 0.4) is 0 Å². The van der Waals surface area contributed by atoms with Gasteiger partial charge in [-0.15, -0.1) is 0 Å². The lowest BCUT2D eigenvalue weighted by Gasteiger charge is -2.04. The van der Waals surface area contributed by atoms with Gasteiger partial charge < -0.3 is 4.57 Å². The number of benzene rings is 1. The monoisotopic (exact) mass is 247 g/mol. The number of nitrogens with zero attached hydrogens (tertiary/aromatic N) is 2. The number of carbonyl (C=O) groups is 1. The smallest absolute Gasteiger partial charge is 0.222 e. The fraction of sp³-hybridized carbons (Fsp3) is 0.0833. The van der Waals surface area contributed by atoms with E-state index in [1.54, 1.807) is 36.5 Å². The van der Waals surface area contributed by atoms with E-state index < -0.39 is 0 Å². The molecule has 0 spiro atoms. The van der Waals surface area contributed by atoms with Gasteiger partial charge in [-0.2, -0.15) is 0 Å². The molecule has 0 atom stereocenters. The lowest BCUT2D eigenvalue weighted by molar-refractivity contribution is 0.0969. The summed E-state index contributed by atoms with van der Waals surface area (Å²) < 4.78 is 1.48. The molecule has 0 radical (unpaired) electrons. The number of ketones is 1. The molecule has 86 valence electrons. The van der Waals surface area contributed by atoms with Crippen LogP contribution in [-0.2, 0) is 6.54 Å². The normalized spacial score (nSPS) is 10.2. The third kappa shape index (κ3) is 2.79. The molecule has 5 heteroatoms. The summed E-state index contributed by atoms with van der Waals surface area (Å²) in [6.07, 6.45) is 3.18. The van der Waals surface area contributed by atoms with E-state index in [0.717, 1.165) is 0 Å². The summed E-state index contributed by atoms with van der Waals surface area (Å²) in [4.78, 5) is 15.7. The van der Waals surface area contributed by atoms with Crippen LogP contribution in [0, 0.1) is 5.41 Å². The summed E-state index contributed by atoms with van der Waals surface area (Å²) in [6, 6.07) is 8.37. The van der Waals surface area contributed by atoms with E-state index in [2.05, 4.69) is 4.98 Å². The van der Waals surface area contributed by atoms with Crippen LogP contribution < -0.4 is 5.62 Å². The molecule has 0 bridgehead atoms. The Morgan fingerprint density at radius 3 is 2.71 bits per heavy atom. The number of carbonyl (C=O) groups excluding carboxylic acids is 1. The largest absolute Gasteiger partial charge is 0.310 e. The molecule has 1 aromatic heterocycles. The molecule has 1 heterocycles. The van der Waals surface area contributed by atoms with E-state index >= 15 is 0 Å². The summed E-state index contributed by atoms with van der Waals surface area (Å²) in [5.74, 6) is -0.0758. The van der Waals surface area contributed by atoms with Crippen molar-refractivity contribution in [3.63, 3.8) is 0 Å². The standard InChI is InChI=1S/C12H10ClN3O/c13-10-4-2-9(3-5-10)11(17)8-16-7-1-6-15-12(16)14/h1-7,14H,8H2. The van der Waals surface area contributed by atoms with Gasteiger partial charge in [0.2, 0.25) is 5.62 Å². The van der Waals surface area contributed by atoms with Crippen molar-refractivity contribution in [1.82, 2.24) is 9.55 Å². The summed E-state index contributed by atoms with van der Waals surface area (Å²) in [5, 5.41) is 8.13. The highest BCUT2D eigenvalue weighted by Gasteiger charge is 2.06. The minimum absolute atomic E-state index is 0.0646. The number of rotatable bonds is 3. The van der Waals surface area contributed by atoms with Gasteiger partial charge in [0.25, 0.3) is 0 Å². The first-order chi connectivity index (χ1) is 8.16. The van der Waals surface area contributed by atoms with Crippen molar-refractivity contribution in [2.45, 2.75) is 6.54 Å². The van der Waals surface area contributed by atoms with Crippen LogP contribution in [0.4, 0.5) is 0 Å². The molecular weight excluding hydrogens is 238 g/mol. The zero-order valence-corrected chi connectivity index (χ0v) is 9.69. The van der Waals surface area contributed by atoms with E-state index in [0.29, 0.717) is 10.6 Å². The van der Waals surface area contributed by atoms with Crippen molar-refractivity contribution in [2.75, 3.05) is 0 Å². The number of aromatic nitrogens is 2. The molecule has 17 heavy (non-hydrogen) atoms. The topological polar surface area (TPSA) is 58.7 Å². The molecule has 1 N–H and O–H groups in total. The fourth-order valence-corrected chi connectivity index (χ4v) is 1.54. The Bertz CT molecular complexity index is 589. The molecule has 2 aromatic rings. The second kappa shape index (κ2) is 4.93. The Labute approximate surface area is 103 Å². The zero-order chi connectivity index (χ0) is 12.3. The van der Waals surface area contributed by atoms with E-state index in [-0.39, 0.29) is 17.9 Å². The molecule has 2 rings (SSSR count). The van der Waals surface area contributed by atoms with Crippen molar-refractivity contribution in [2.24, 2.45) is 0 Å². The number of nitrogens with one attached hydrogen (secondary N) is 1. The molecule has 1 aromatic carbocycles. The minimum atomic E-state index is -0.0758. The van der Waals surface area contributed by atoms with Gasteiger partial charge in [0.1, 0.15) is 0 Å². The fourth-order valence-electron chi connectivity index (χ4n) is 1.41. The van der Waals surface area contributed by atoms with Gasteiger partial charge in [0.05, 0.1) is 6.54 Å². The van der Waals surface area contributed by atoms with Gasteiger partial charge in [-0.25, -0.2) is 4.98 Å². The summed E-state index contributed by atoms with van der Waals surface area (Å²) in [6.45, 7) is 0.105. The Hall–Kier alpha value is -1.94. The molecule has 0 aliphatic carbocycles. The van der Waals surface area contributed by atoms with Crippen LogP contribution in [0.15, 0.2) is 42.7 Å². The second-order valence-corrected chi connectivity index (χ2v) is 3.94. The van der Waals surface area contributed by atoms with E-state index in [4.69, 9.17) is 17.0 Å². The van der Waals surface area contributed by atoms with Crippen molar-refractivity contribution in [1.29, 1.82) is 5.41 Å². The molecule has 0 fully saturated rings. The van der Waals surface area contributed by atoms with Crippen molar-refractivity contribution in [3.05, 3.63) is 58.9 Å². The SMILES string of the molecule is N=c1ncccn1CC(=O)c1ccc(Cl)cc1. The Morgan fingerprint density at radius 2 is 2.06 bits per heavy atom. The first-order valence-electron chi connectivity index (χ1n) is 5.01. The maximum absolute atomic E-state index is 11.9. The molecule has 0 aliphatic heterocycles. The Kier molecular flexibility index (Phi) is 3.35. The van der Waals surface area contributed by atoms with E-state index in [9.17, 15) is 4.79 Å². The Balaban J connectivity index is 2.20. The number of halogens is 1. The predicted molar refractivity (Wildman–Crippen MR) is 63.9 cm³/mol. The zero-order valence-electron chi connectivity index (χ0n) is 8.93. The van der Waals surface area contributed by atoms with Crippen LogP contribution in [0.5, 0.6) is 0 Å². The van der Waals surface area contributed by atoms with Crippen LogP contribution in [0.25, 0.3) is 0 Å². The molecule has 0 aliphatic rings. The van der Waals surface area contributed by atoms with Crippen molar-refractivity contribution in [3.8, 4) is 0 Å². The number of hydrogen-bond acceptors (Lipinski definition) is 3. The summed E-state index contributed by atoms with van der Waals surface area (Å²) in [5.41, 5.74) is 0.639. The second-order valence-electron chi connectivity index (χ2n) is 3.50. The average molecular weight is 248 g/mol. The highest BCUT2D eigenvalue weighted by atomic mass is 35.5. The molecule has 4 nitrogen and oxygen atoms in total. The van der Waals surface area contributed by atoms with Crippen molar-refractivity contribution >= 4 is 17.4 Å². The number of hydrogen-bond donors (Lipinski definition) is 1. The molecule has 0 saturated heterocycles. The maximum atomic E-state index is 11.9. The lowest BCUT2D eigenvalue weighted by Crippen LogP contribution is -2.25.